The molecule has 0 radical (unpaired) electrons. The highest BCUT2D eigenvalue weighted by Crippen LogP contribution is 2.32. The largest absolute Gasteiger partial charge is 0.508 e. The van der Waals surface area contributed by atoms with Crippen molar-refractivity contribution in [3.63, 3.8) is 0 Å². The van der Waals surface area contributed by atoms with Crippen molar-refractivity contribution in [2.24, 2.45) is 5.73 Å². The van der Waals surface area contributed by atoms with E-state index in [1.54, 1.807) is 0 Å². The molecule has 1 heterocycles. The van der Waals surface area contributed by atoms with E-state index in [4.69, 9.17) is 5.73 Å². The van der Waals surface area contributed by atoms with Gasteiger partial charge in [0, 0.05) is 5.56 Å². The Morgan fingerprint density at radius 2 is 2.00 bits per heavy atom. The van der Waals surface area contributed by atoms with Crippen molar-refractivity contribution in [3.8, 4) is 5.75 Å². The number of aromatic hydroxyl groups is 1. The van der Waals surface area contributed by atoms with E-state index in [0.717, 1.165) is 10.2 Å². The van der Waals surface area contributed by atoms with Crippen LogP contribution in [0.2, 0.25) is 0 Å². The van der Waals surface area contributed by atoms with Crippen molar-refractivity contribution in [2.45, 2.75) is 6.04 Å². The highest BCUT2D eigenvalue weighted by molar-refractivity contribution is 7.18. The smallest absolute Gasteiger partial charge is 0.123 e. The van der Waals surface area contributed by atoms with Gasteiger partial charge in [0.1, 0.15) is 16.6 Å². The Morgan fingerprint density at radius 1 is 1.21 bits per heavy atom. The lowest BCUT2D eigenvalue weighted by Gasteiger charge is -2.10. The average Bonchev–Trinajstić information content (AvgIpc) is 2.84. The Balaban J connectivity index is 2.07. The molecule has 1 unspecified atom stereocenters. The zero-order valence-electron chi connectivity index (χ0n) is 9.88. The summed E-state index contributed by atoms with van der Waals surface area (Å²) in [5, 5.41) is 10.4. The lowest BCUT2D eigenvalue weighted by Crippen LogP contribution is -2.11. The van der Waals surface area contributed by atoms with Gasteiger partial charge in [0.05, 0.1) is 16.3 Å². The van der Waals surface area contributed by atoms with Crippen molar-refractivity contribution >= 4 is 21.6 Å². The zero-order valence-corrected chi connectivity index (χ0v) is 10.7. The van der Waals surface area contributed by atoms with Crippen LogP contribution in [-0.4, -0.2) is 10.1 Å². The molecule has 0 amide bonds. The van der Waals surface area contributed by atoms with Crippen LogP contribution in [0.15, 0.2) is 42.5 Å². The first-order valence-electron chi connectivity index (χ1n) is 5.74. The van der Waals surface area contributed by atoms with Gasteiger partial charge < -0.3 is 10.8 Å². The maximum absolute atomic E-state index is 13.2. The molecule has 0 aliphatic heterocycles. The third kappa shape index (κ3) is 2.18. The van der Waals surface area contributed by atoms with Crippen molar-refractivity contribution in [1.29, 1.82) is 0 Å². The lowest BCUT2D eigenvalue weighted by atomic mass is 10.1. The number of phenolic OH excluding ortho intramolecular Hbond substituents is 1. The second-order valence-electron chi connectivity index (χ2n) is 4.20. The van der Waals surface area contributed by atoms with Crippen LogP contribution in [0.4, 0.5) is 4.39 Å². The minimum atomic E-state index is -0.631. The van der Waals surface area contributed by atoms with Crippen LogP contribution in [0.1, 0.15) is 16.6 Å². The summed E-state index contributed by atoms with van der Waals surface area (Å²) in [6.07, 6.45) is 0. The average molecular weight is 274 g/mol. The predicted molar refractivity (Wildman–Crippen MR) is 73.7 cm³/mol. The Kier molecular flexibility index (Phi) is 2.93. The van der Waals surface area contributed by atoms with E-state index in [-0.39, 0.29) is 5.75 Å². The molecule has 96 valence electrons. The molecule has 0 spiro atoms. The summed E-state index contributed by atoms with van der Waals surface area (Å²) in [6.45, 7) is 0. The predicted octanol–water partition coefficient (Wildman–Crippen LogP) is 3.19. The molecule has 19 heavy (non-hydrogen) atoms. The molecule has 5 heteroatoms. The summed E-state index contributed by atoms with van der Waals surface area (Å²) in [5.74, 6) is -0.447. The molecular formula is C14H11FN2OS. The number of nitrogens with two attached hydrogens (primary N) is 1. The van der Waals surface area contributed by atoms with Crippen LogP contribution in [0.25, 0.3) is 10.2 Å². The summed E-state index contributed by atoms with van der Waals surface area (Å²) in [5.41, 5.74) is 7.27. The van der Waals surface area contributed by atoms with E-state index in [1.165, 1.54) is 29.5 Å². The van der Waals surface area contributed by atoms with E-state index in [2.05, 4.69) is 4.98 Å². The number of halogens is 1. The van der Waals surface area contributed by atoms with Crippen LogP contribution in [0.3, 0.4) is 0 Å². The minimum absolute atomic E-state index is 0.0202. The van der Waals surface area contributed by atoms with E-state index in [0.29, 0.717) is 10.6 Å². The number of thiazole rings is 1. The van der Waals surface area contributed by atoms with Gasteiger partial charge in [0.25, 0.3) is 0 Å². The number of fused-ring (bicyclic) bond motifs is 1. The van der Waals surface area contributed by atoms with E-state index in [1.807, 2.05) is 24.3 Å². The molecule has 0 bridgehead atoms. The van der Waals surface area contributed by atoms with Gasteiger partial charge in [0.2, 0.25) is 0 Å². The molecule has 0 fully saturated rings. The molecule has 3 aromatic rings. The SMILES string of the molecule is NC(c1nc2ccccc2s1)c1cc(F)ccc1O. The van der Waals surface area contributed by atoms with Crippen molar-refractivity contribution in [1.82, 2.24) is 4.98 Å². The number of benzene rings is 2. The summed E-state index contributed by atoms with van der Waals surface area (Å²) in [4.78, 5) is 4.42. The normalized spacial score (nSPS) is 12.7. The van der Waals surface area contributed by atoms with E-state index >= 15 is 0 Å². The van der Waals surface area contributed by atoms with Gasteiger partial charge in [-0.3, -0.25) is 0 Å². The maximum atomic E-state index is 13.2. The molecular weight excluding hydrogens is 263 g/mol. The summed E-state index contributed by atoms with van der Waals surface area (Å²) >= 11 is 1.45. The molecule has 0 saturated heterocycles. The fourth-order valence-electron chi connectivity index (χ4n) is 1.93. The summed E-state index contributed by atoms with van der Waals surface area (Å²) in [7, 11) is 0. The molecule has 3 rings (SSSR count). The number of rotatable bonds is 2. The molecule has 0 aliphatic rings. The molecule has 3 nitrogen and oxygen atoms in total. The third-order valence-corrected chi connectivity index (χ3v) is 4.02. The maximum Gasteiger partial charge on any atom is 0.123 e. The van der Waals surface area contributed by atoms with E-state index in [9.17, 15) is 9.50 Å². The number of hydrogen-bond acceptors (Lipinski definition) is 4. The monoisotopic (exact) mass is 274 g/mol. The number of phenols is 1. The topological polar surface area (TPSA) is 59.1 Å². The summed E-state index contributed by atoms with van der Waals surface area (Å²) in [6, 6.07) is 10.8. The zero-order chi connectivity index (χ0) is 13.4. The van der Waals surface area contributed by atoms with Gasteiger partial charge in [-0.25, -0.2) is 9.37 Å². The van der Waals surface area contributed by atoms with Gasteiger partial charge in [-0.2, -0.15) is 0 Å². The fourth-order valence-corrected chi connectivity index (χ4v) is 2.92. The molecule has 0 saturated carbocycles. The Morgan fingerprint density at radius 3 is 2.79 bits per heavy atom. The van der Waals surface area contributed by atoms with Gasteiger partial charge in [-0.15, -0.1) is 11.3 Å². The standard InChI is InChI=1S/C14H11FN2OS/c15-8-5-6-11(18)9(7-8)13(16)14-17-10-3-1-2-4-12(10)19-14/h1-7,13,18H,16H2. The first-order chi connectivity index (χ1) is 9.15. The van der Waals surface area contributed by atoms with Gasteiger partial charge in [-0.1, -0.05) is 12.1 Å². The number of hydrogen-bond donors (Lipinski definition) is 2. The van der Waals surface area contributed by atoms with Crippen molar-refractivity contribution < 1.29 is 9.50 Å². The first-order valence-corrected chi connectivity index (χ1v) is 6.56. The second kappa shape index (κ2) is 4.60. The van der Waals surface area contributed by atoms with Gasteiger partial charge in [0.15, 0.2) is 0 Å². The molecule has 2 aromatic carbocycles. The molecule has 1 atom stereocenters. The quantitative estimate of drug-likeness (QED) is 0.754. The van der Waals surface area contributed by atoms with Crippen molar-refractivity contribution in [2.75, 3.05) is 0 Å². The second-order valence-corrected chi connectivity index (χ2v) is 5.26. The first kappa shape index (κ1) is 12.1. The third-order valence-electron chi connectivity index (χ3n) is 2.90. The molecule has 3 N–H and O–H groups in total. The highest BCUT2D eigenvalue weighted by Gasteiger charge is 2.18. The summed E-state index contributed by atoms with van der Waals surface area (Å²) < 4.78 is 14.3. The van der Waals surface area contributed by atoms with Crippen LogP contribution in [-0.2, 0) is 0 Å². The highest BCUT2D eigenvalue weighted by atomic mass is 32.1. The minimum Gasteiger partial charge on any atom is -0.508 e. The number of aromatic nitrogens is 1. The fraction of sp³-hybridized carbons (Fsp3) is 0.0714. The van der Waals surface area contributed by atoms with Crippen LogP contribution in [0.5, 0.6) is 5.75 Å². The van der Waals surface area contributed by atoms with Crippen LogP contribution >= 0.6 is 11.3 Å². The van der Waals surface area contributed by atoms with Crippen LogP contribution in [0, 0.1) is 5.82 Å². The van der Waals surface area contributed by atoms with E-state index < -0.39 is 11.9 Å². The Labute approximate surface area is 113 Å². The Bertz CT molecular complexity index is 708. The Hall–Kier alpha value is -1.98. The van der Waals surface area contributed by atoms with Crippen LogP contribution < -0.4 is 5.73 Å². The van der Waals surface area contributed by atoms with Crippen molar-refractivity contribution in [3.05, 3.63) is 58.9 Å². The molecule has 0 aliphatic carbocycles. The van der Waals surface area contributed by atoms with Gasteiger partial charge >= 0.3 is 0 Å². The van der Waals surface area contributed by atoms with Gasteiger partial charge in [-0.05, 0) is 30.3 Å². The number of nitrogens with zero attached hydrogens (tertiary/aromatic N) is 1. The number of para-hydroxylation sites is 1. The lowest BCUT2D eigenvalue weighted by molar-refractivity contribution is 0.462. The molecule has 1 aromatic heterocycles.